The van der Waals surface area contributed by atoms with Gasteiger partial charge in [0, 0.05) is 0 Å². The quantitative estimate of drug-likeness (QED) is 0.0495. The van der Waals surface area contributed by atoms with Crippen LogP contribution in [-0.4, -0.2) is 62.4 Å². The minimum atomic E-state index is -1.17. The topological polar surface area (TPSA) is 112 Å². The highest BCUT2D eigenvalue weighted by molar-refractivity contribution is 5.77. The lowest BCUT2D eigenvalue weighted by molar-refractivity contribution is -0.968. The summed E-state index contributed by atoms with van der Waals surface area (Å²) in [7, 11) is 0. The second-order valence-corrected chi connectivity index (χ2v) is 11.8. The van der Waals surface area contributed by atoms with E-state index in [1.807, 2.05) is 0 Å². The van der Waals surface area contributed by atoms with Crippen LogP contribution >= 0.6 is 0 Å². The molecule has 7 nitrogen and oxygen atoms in total. The molecule has 0 aromatic heterocycles. The Kier molecular flexibility index (Phi) is 22.7. The van der Waals surface area contributed by atoms with Gasteiger partial charge in [0.05, 0.1) is 6.54 Å². The van der Waals surface area contributed by atoms with Gasteiger partial charge in [0.25, 0.3) is 0 Å². The number of hydrogen-bond donors (Lipinski definition) is 3. The predicted octanol–water partition coefficient (Wildman–Crippen LogP) is 8.60. The van der Waals surface area contributed by atoms with Crippen LogP contribution in [0.15, 0.2) is 12.2 Å². The molecule has 0 heterocycles. The van der Waals surface area contributed by atoms with Gasteiger partial charge in [-0.05, 0) is 59.3 Å². The van der Waals surface area contributed by atoms with E-state index in [9.17, 15) is 29.7 Å². The van der Waals surface area contributed by atoms with Gasteiger partial charge in [0.1, 0.15) is 0 Å². The second-order valence-electron chi connectivity index (χ2n) is 11.8. The largest absolute Gasteiger partial charge is 0.477 e. The van der Waals surface area contributed by atoms with E-state index in [4.69, 9.17) is 0 Å². The Morgan fingerprint density at radius 1 is 0.500 bits per heavy atom. The first-order chi connectivity index (χ1) is 19.1. The number of quaternary nitrogens is 1. The van der Waals surface area contributed by atoms with E-state index in [2.05, 4.69) is 19.1 Å². The van der Waals surface area contributed by atoms with Crippen LogP contribution in [0.4, 0.5) is 0 Å². The number of carboxylic acid groups (broad SMARTS) is 3. The summed E-state index contributed by atoms with van der Waals surface area (Å²) in [6.45, 7) is 6.76. The van der Waals surface area contributed by atoms with E-state index in [1.165, 1.54) is 104 Å². The molecule has 0 saturated heterocycles. The molecule has 0 aromatic carbocycles. The van der Waals surface area contributed by atoms with Crippen LogP contribution in [0, 0.1) is 0 Å². The third-order valence-electron chi connectivity index (χ3n) is 8.79. The molecule has 0 fully saturated rings. The third-order valence-corrected chi connectivity index (χ3v) is 8.79. The van der Waals surface area contributed by atoms with E-state index >= 15 is 0 Å². The van der Waals surface area contributed by atoms with E-state index < -0.39 is 40.5 Å². The monoisotopic (exact) mass is 568 g/mol. The molecule has 0 spiro atoms. The molecule has 0 saturated carbocycles. The maximum absolute atomic E-state index is 11.8. The second kappa shape index (κ2) is 23.8. The molecule has 0 aliphatic carbocycles. The summed E-state index contributed by atoms with van der Waals surface area (Å²) >= 11 is 0. The lowest BCUT2D eigenvalue weighted by Gasteiger charge is -2.47. The van der Waals surface area contributed by atoms with Gasteiger partial charge in [-0.3, -0.25) is 4.48 Å². The number of aliphatic carboxylic acids is 3. The van der Waals surface area contributed by atoms with Crippen molar-refractivity contribution < 1.29 is 34.2 Å². The maximum Gasteiger partial charge on any atom is 0.362 e. The van der Waals surface area contributed by atoms with Crippen LogP contribution in [0.5, 0.6) is 0 Å². The molecular formula is C33H62NO6+. The average Bonchev–Trinajstić information content (AvgIpc) is 2.92. The van der Waals surface area contributed by atoms with Crippen LogP contribution < -0.4 is 0 Å². The van der Waals surface area contributed by atoms with Gasteiger partial charge in [-0.15, -0.1) is 0 Å². The Labute approximate surface area is 245 Å². The Balaban J connectivity index is 4.02. The van der Waals surface area contributed by atoms with Crippen molar-refractivity contribution in [2.75, 3.05) is 6.54 Å². The first-order valence-corrected chi connectivity index (χ1v) is 16.3. The number of unbranched alkanes of at least 4 members (excludes halogenated alkanes) is 18. The molecule has 7 heteroatoms. The van der Waals surface area contributed by atoms with Gasteiger partial charge >= 0.3 is 17.9 Å². The minimum absolute atomic E-state index is 0.219. The molecule has 234 valence electrons. The fourth-order valence-electron chi connectivity index (χ4n) is 5.90. The van der Waals surface area contributed by atoms with Crippen molar-refractivity contribution in [1.82, 2.24) is 0 Å². The van der Waals surface area contributed by atoms with Crippen LogP contribution in [0.2, 0.25) is 0 Å². The van der Waals surface area contributed by atoms with Crippen molar-refractivity contribution in [3.05, 3.63) is 12.2 Å². The zero-order valence-electron chi connectivity index (χ0n) is 26.2. The number of carbonyl (C=O) groups is 3. The molecule has 0 amide bonds. The molecule has 0 radical (unpaired) electrons. The highest BCUT2D eigenvalue weighted by Gasteiger charge is 2.52. The van der Waals surface area contributed by atoms with Crippen LogP contribution in [-0.2, 0) is 14.4 Å². The number of nitrogens with zero attached hydrogens (tertiary/aromatic N) is 1. The molecular weight excluding hydrogens is 506 g/mol. The van der Waals surface area contributed by atoms with Gasteiger partial charge in [-0.1, -0.05) is 109 Å². The van der Waals surface area contributed by atoms with E-state index in [0.29, 0.717) is 6.42 Å². The Morgan fingerprint density at radius 2 is 0.775 bits per heavy atom. The van der Waals surface area contributed by atoms with Gasteiger partial charge in [0.15, 0.2) is 18.1 Å². The van der Waals surface area contributed by atoms with Crippen molar-refractivity contribution in [1.29, 1.82) is 0 Å². The first kappa shape index (κ1) is 38.1. The molecule has 0 bridgehead atoms. The zero-order valence-corrected chi connectivity index (χ0v) is 26.2. The molecule has 40 heavy (non-hydrogen) atoms. The van der Waals surface area contributed by atoms with Crippen LogP contribution in [0.3, 0.4) is 0 Å². The summed E-state index contributed by atoms with van der Waals surface area (Å²) in [6.07, 6.45) is 29.2. The van der Waals surface area contributed by atoms with Crippen molar-refractivity contribution in [2.45, 2.75) is 174 Å². The number of allylic oxidation sites excluding steroid dienone is 2. The minimum Gasteiger partial charge on any atom is -0.477 e. The van der Waals surface area contributed by atoms with Crippen molar-refractivity contribution in [2.24, 2.45) is 0 Å². The predicted molar refractivity (Wildman–Crippen MR) is 164 cm³/mol. The summed E-state index contributed by atoms with van der Waals surface area (Å²) in [5, 5.41) is 28.9. The van der Waals surface area contributed by atoms with E-state index in [0.717, 1.165) is 38.5 Å². The van der Waals surface area contributed by atoms with Gasteiger partial charge in [0.2, 0.25) is 0 Å². The first-order valence-electron chi connectivity index (χ1n) is 16.3. The van der Waals surface area contributed by atoms with Crippen LogP contribution in [0.1, 0.15) is 156 Å². The molecule has 3 atom stereocenters. The fraction of sp³-hybridized carbons (Fsp3) is 0.848. The summed E-state index contributed by atoms with van der Waals surface area (Å²) < 4.78 is -0.482. The molecule has 0 aliphatic heterocycles. The number of carboxylic acids is 3. The van der Waals surface area contributed by atoms with Gasteiger partial charge in [-0.2, -0.15) is 0 Å². The third kappa shape index (κ3) is 15.8. The lowest BCUT2D eigenvalue weighted by Crippen LogP contribution is -2.70. The summed E-state index contributed by atoms with van der Waals surface area (Å²) in [6, 6.07) is -3.38. The van der Waals surface area contributed by atoms with Crippen molar-refractivity contribution >= 4 is 17.9 Å². The van der Waals surface area contributed by atoms with Crippen LogP contribution in [0.25, 0.3) is 0 Å². The SMILES string of the molecule is CCCCCCCCCCCCCC/C=C/CCCCCCCC[N+](C(C)C(=O)O)(C(C)C(=O)O)C(C)C(=O)O. The highest BCUT2D eigenvalue weighted by atomic mass is 16.4. The standard InChI is InChI=1S/C33H61NO6/c1-5-6-7-8-9-10-11-12-13-14-15-16-17-18-19-20-21-22-23-24-25-26-27-34(28(2)31(35)36,29(3)32(37)38)30(4)33(39)40/h18-19,28-30H,5-17,20-27H2,1-4H3,(H2-,35,36,37,38,39,40)/p+1/b19-18+. The average molecular weight is 569 g/mol. The van der Waals surface area contributed by atoms with Crippen molar-refractivity contribution in [3.63, 3.8) is 0 Å². The smallest absolute Gasteiger partial charge is 0.362 e. The summed E-state index contributed by atoms with van der Waals surface area (Å²) in [5.74, 6) is -3.52. The molecule has 0 rings (SSSR count). The Bertz CT molecular complexity index is 657. The summed E-state index contributed by atoms with van der Waals surface area (Å²) in [4.78, 5) is 35.5. The molecule has 3 N–H and O–H groups in total. The van der Waals surface area contributed by atoms with Gasteiger partial charge < -0.3 is 15.3 Å². The lowest BCUT2D eigenvalue weighted by atomic mass is 10.00. The maximum atomic E-state index is 11.8. The molecule has 0 aromatic rings. The van der Waals surface area contributed by atoms with E-state index in [1.54, 1.807) is 0 Å². The van der Waals surface area contributed by atoms with Gasteiger partial charge in [-0.25, -0.2) is 14.4 Å². The molecule has 3 unspecified atom stereocenters. The normalized spacial score (nSPS) is 15.5. The van der Waals surface area contributed by atoms with E-state index in [-0.39, 0.29) is 6.54 Å². The Hall–Kier alpha value is -1.89. The van der Waals surface area contributed by atoms with Crippen molar-refractivity contribution in [3.8, 4) is 0 Å². The molecule has 0 aliphatic rings. The zero-order chi connectivity index (χ0) is 30.2. The fourth-order valence-corrected chi connectivity index (χ4v) is 5.90. The highest BCUT2D eigenvalue weighted by Crippen LogP contribution is 2.27. The summed E-state index contributed by atoms with van der Waals surface area (Å²) in [5.41, 5.74) is 0. The number of rotatable bonds is 28. The number of hydrogen-bond acceptors (Lipinski definition) is 3. The Morgan fingerprint density at radius 3 is 1.07 bits per heavy atom.